The smallest absolute Gasteiger partial charge is 0.374 e. The summed E-state index contributed by atoms with van der Waals surface area (Å²) in [6.45, 7) is 7.86. The summed E-state index contributed by atoms with van der Waals surface area (Å²) in [5.74, 6) is 0.982. The van der Waals surface area contributed by atoms with Crippen molar-refractivity contribution >= 4 is 20.6 Å². The number of hydrogen-bond acceptors (Lipinski definition) is 5. The molecule has 0 radical (unpaired) electrons. The minimum absolute atomic E-state index is 0.636. The summed E-state index contributed by atoms with van der Waals surface area (Å²) in [5, 5.41) is 0.955. The number of imidazole rings is 1. The van der Waals surface area contributed by atoms with E-state index in [1.165, 1.54) is 0 Å². The number of nitrogens with zero attached hydrogens (tertiary/aromatic N) is 1. The molecule has 0 amide bonds. The summed E-state index contributed by atoms with van der Waals surface area (Å²) in [5.41, 5.74) is 0. The Morgan fingerprint density at radius 1 is 1.16 bits per heavy atom. The molecule has 1 N–H and O–H groups in total. The SMILES string of the molecule is CCO[Si](CCCSc1ncc[nH]1)(OCC)OCC. The van der Waals surface area contributed by atoms with Crippen LogP contribution >= 0.6 is 11.8 Å². The minimum Gasteiger partial charge on any atom is -0.374 e. The van der Waals surface area contributed by atoms with Gasteiger partial charge in [0.1, 0.15) is 0 Å². The van der Waals surface area contributed by atoms with Crippen molar-refractivity contribution in [3.8, 4) is 0 Å². The van der Waals surface area contributed by atoms with E-state index in [1.54, 1.807) is 18.0 Å². The van der Waals surface area contributed by atoms with Crippen LogP contribution in [0.1, 0.15) is 27.2 Å². The Hall–Kier alpha value is -0.343. The van der Waals surface area contributed by atoms with Gasteiger partial charge in [0, 0.05) is 44.0 Å². The van der Waals surface area contributed by atoms with Crippen molar-refractivity contribution < 1.29 is 13.3 Å². The van der Waals surface area contributed by atoms with Gasteiger partial charge in [0.25, 0.3) is 0 Å². The highest BCUT2D eigenvalue weighted by atomic mass is 32.2. The Morgan fingerprint density at radius 2 is 1.79 bits per heavy atom. The molecule has 0 saturated carbocycles. The first kappa shape index (κ1) is 16.7. The zero-order valence-electron chi connectivity index (χ0n) is 12.0. The van der Waals surface area contributed by atoms with Gasteiger partial charge in [-0.05, 0) is 27.2 Å². The molecule has 0 unspecified atom stereocenters. The zero-order chi connectivity index (χ0) is 14.0. The third kappa shape index (κ3) is 6.09. The van der Waals surface area contributed by atoms with Crippen LogP contribution in [0.4, 0.5) is 0 Å². The second-order valence-electron chi connectivity index (χ2n) is 3.83. The van der Waals surface area contributed by atoms with Crippen molar-refractivity contribution in [1.29, 1.82) is 0 Å². The molecule has 110 valence electrons. The predicted octanol–water partition coefficient (Wildman–Crippen LogP) is 2.94. The number of hydrogen-bond donors (Lipinski definition) is 1. The number of rotatable bonds is 11. The van der Waals surface area contributed by atoms with E-state index in [2.05, 4.69) is 9.97 Å². The lowest BCUT2D eigenvalue weighted by Gasteiger charge is -2.28. The molecule has 0 aromatic carbocycles. The lowest BCUT2D eigenvalue weighted by atomic mass is 10.6. The molecule has 1 heterocycles. The number of aromatic amines is 1. The zero-order valence-corrected chi connectivity index (χ0v) is 13.8. The Labute approximate surface area is 120 Å². The van der Waals surface area contributed by atoms with Gasteiger partial charge in [0.05, 0.1) is 0 Å². The maximum atomic E-state index is 5.81. The van der Waals surface area contributed by atoms with Gasteiger partial charge >= 0.3 is 8.80 Å². The second kappa shape index (κ2) is 9.54. The lowest BCUT2D eigenvalue weighted by molar-refractivity contribution is 0.0712. The van der Waals surface area contributed by atoms with Crippen LogP contribution in [0.5, 0.6) is 0 Å². The Kier molecular flexibility index (Phi) is 8.39. The summed E-state index contributed by atoms with van der Waals surface area (Å²) < 4.78 is 17.4. The van der Waals surface area contributed by atoms with E-state index in [1.807, 2.05) is 27.0 Å². The Morgan fingerprint density at radius 3 is 2.26 bits per heavy atom. The average Bonchev–Trinajstić information content (AvgIpc) is 2.89. The average molecular weight is 304 g/mol. The Bertz CT molecular complexity index is 308. The molecule has 7 heteroatoms. The highest BCUT2D eigenvalue weighted by Crippen LogP contribution is 2.21. The van der Waals surface area contributed by atoms with E-state index in [4.69, 9.17) is 13.3 Å². The van der Waals surface area contributed by atoms with Crippen LogP contribution in [0.15, 0.2) is 17.6 Å². The van der Waals surface area contributed by atoms with Crippen molar-refractivity contribution in [1.82, 2.24) is 9.97 Å². The third-order valence-electron chi connectivity index (χ3n) is 2.43. The molecule has 0 aliphatic carbocycles. The highest BCUT2D eigenvalue weighted by Gasteiger charge is 2.39. The van der Waals surface area contributed by atoms with E-state index in [0.29, 0.717) is 19.8 Å². The molecule has 0 atom stereocenters. The van der Waals surface area contributed by atoms with Crippen LogP contribution < -0.4 is 0 Å². The summed E-state index contributed by atoms with van der Waals surface area (Å²) in [7, 11) is -2.46. The first-order valence-electron chi connectivity index (χ1n) is 6.80. The topological polar surface area (TPSA) is 56.4 Å². The van der Waals surface area contributed by atoms with Crippen LogP contribution in [-0.4, -0.2) is 44.3 Å². The lowest BCUT2D eigenvalue weighted by Crippen LogP contribution is -2.46. The fraction of sp³-hybridized carbons (Fsp3) is 0.750. The number of thioether (sulfide) groups is 1. The van der Waals surface area contributed by atoms with Gasteiger partial charge in [-0.15, -0.1) is 0 Å². The van der Waals surface area contributed by atoms with Crippen molar-refractivity contribution in [3.63, 3.8) is 0 Å². The second-order valence-corrected chi connectivity index (χ2v) is 7.64. The van der Waals surface area contributed by atoms with Gasteiger partial charge in [-0.3, -0.25) is 0 Å². The molecule has 0 bridgehead atoms. The van der Waals surface area contributed by atoms with Crippen molar-refractivity contribution in [2.75, 3.05) is 25.6 Å². The standard InChI is InChI=1S/C12H24N2O3SSi/c1-4-15-19(16-5-2,17-6-3)11-7-10-18-12-13-8-9-14-12/h8-9H,4-7,10-11H2,1-3H3,(H,13,14). The van der Waals surface area contributed by atoms with Gasteiger partial charge in [-0.1, -0.05) is 11.8 Å². The molecule has 1 aromatic heterocycles. The fourth-order valence-electron chi connectivity index (χ4n) is 1.79. The molecular formula is C12H24N2O3SSi. The van der Waals surface area contributed by atoms with Crippen LogP contribution in [0.25, 0.3) is 0 Å². The maximum Gasteiger partial charge on any atom is 0.500 e. The molecule has 0 aliphatic heterocycles. The van der Waals surface area contributed by atoms with E-state index >= 15 is 0 Å². The Balaban J connectivity index is 2.37. The summed E-state index contributed by atoms with van der Waals surface area (Å²) >= 11 is 1.71. The van der Waals surface area contributed by atoms with Crippen molar-refractivity contribution in [2.24, 2.45) is 0 Å². The van der Waals surface area contributed by atoms with Crippen molar-refractivity contribution in [3.05, 3.63) is 12.4 Å². The molecular weight excluding hydrogens is 280 g/mol. The minimum atomic E-state index is -2.46. The largest absolute Gasteiger partial charge is 0.500 e. The molecule has 0 saturated heterocycles. The number of aromatic nitrogens is 2. The van der Waals surface area contributed by atoms with Crippen LogP contribution in [0, 0.1) is 0 Å². The van der Waals surface area contributed by atoms with E-state index < -0.39 is 8.80 Å². The summed E-state index contributed by atoms with van der Waals surface area (Å²) in [6, 6.07) is 0.857. The summed E-state index contributed by atoms with van der Waals surface area (Å²) in [6.07, 6.45) is 4.60. The maximum absolute atomic E-state index is 5.81. The molecule has 1 aromatic rings. The van der Waals surface area contributed by atoms with Gasteiger partial charge in [0.2, 0.25) is 0 Å². The van der Waals surface area contributed by atoms with Crippen LogP contribution in [0.3, 0.4) is 0 Å². The first-order valence-corrected chi connectivity index (χ1v) is 9.72. The van der Waals surface area contributed by atoms with Crippen LogP contribution in [0.2, 0.25) is 6.04 Å². The highest BCUT2D eigenvalue weighted by molar-refractivity contribution is 7.99. The monoisotopic (exact) mass is 304 g/mol. The predicted molar refractivity (Wildman–Crippen MR) is 79.4 cm³/mol. The fourth-order valence-corrected chi connectivity index (χ4v) is 5.43. The molecule has 19 heavy (non-hydrogen) atoms. The first-order chi connectivity index (χ1) is 9.26. The number of nitrogens with one attached hydrogen (secondary N) is 1. The van der Waals surface area contributed by atoms with Gasteiger partial charge < -0.3 is 18.3 Å². The molecule has 0 aliphatic rings. The molecule has 5 nitrogen and oxygen atoms in total. The van der Waals surface area contributed by atoms with E-state index in [0.717, 1.165) is 23.4 Å². The van der Waals surface area contributed by atoms with Gasteiger partial charge in [0.15, 0.2) is 5.16 Å². The number of H-pyrrole nitrogens is 1. The molecule has 1 rings (SSSR count). The van der Waals surface area contributed by atoms with E-state index in [9.17, 15) is 0 Å². The van der Waals surface area contributed by atoms with Crippen LogP contribution in [-0.2, 0) is 13.3 Å². The summed E-state index contributed by atoms with van der Waals surface area (Å²) in [4.78, 5) is 7.26. The van der Waals surface area contributed by atoms with Gasteiger partial charge in [-0.25, -0.2) is 4.98 Å². The molecule has 0 fully saturated rings. The normalized spacial score (nSPS) is 11.9. The van der Waals surface area contributed by atoms with E-state index in [-0.39, 0.29) is 0 Å². The molecule has 0 spiro atoms. The van der Waals surface area contributed by atoms with Gasteiger partial charge in [-0.2, -0.15) is 0 Å². The van der Waals surface area contributed by atoms with Crippen molar-refractivity contribution in [2.45, 2.75) is 38.4 Å². The quantitative estimate of drug-likeness (QED) is 0.387. The third-order valence-corrected chi connectivity index (χ3v) is 6.57.